The third-order valence-electron chi connectivity index (χ3n) is 3.59. The zero-order chi connectivity index (χ0) is 18.9. The third kappa shape index (κ3) is 5.47. The number of esters is 1. The second-order valence-corrected chi connectivity index (χ2v) is 5.75. The summed E-state index contributed by atoms with van der Waals surface area (Å²) in [4.78, 5) is 37.2. The highest BCUT2D eigenvalue weighted by Crippen LogP contribution is 2.11. The van der Waals surface area contributed by atoms with Gasteiger partial charge in [-0.15, -0.1) is 0 Å². The first-order valence-corrected chi connectivity index (χ1v) is 8.37. The molecule has 0 fully saturated rings. The standard InChI is InChI=1S/C19H22N2O5/c1-3-4-11-26-19(24)14-7-9-15(10-8-14)20-17(22)13-21(2)18(23)16-6-5-12-25-16/h5-10,12H,3-4,11,13H2,1-2H3,(H,20,22). The van der Waals surface area contributed by atoms with Crippen molar-refractivity contribution in [2.75, 3.05) is 25.5 Å². The summed E-state index contributed by atoms with van der Waals surface area (Å²) in [7, 11) is 1.51. The molecule has 2 amide bonds. The molecule has 0 radical (unpaired) electrons. The molecule has 7 nitrogen and oxygen atoms in total. The van der Waals surface area contributed by atoms with Crippen LogP contribution >= 0.6 is 0 Å². The average Bonchev–Trinajstić information content (AvgIpc) is 3.16. The third-order valence-corrected chi connectivity index (χ3v) is 3.59. The molecule has 0 spiro atoms. The molecule has 0 bridgehead atoms. The number of furan rings is 1. The molecule has 1 aromatic heterocycles. The molecule has 0 saturated carbocycles. The van der Waals surface area contributed by atoms with Gasteiger partial charge in [0.15, 0.2) is 5.76 Å². The predicted octanol–water partition coefficient (Wildman–Crippen LogP) is 2.95. The van der Waals surface area contributed by atoms with E-state index in [-0.39, 0.29) is 30.1 Å². The van der Waals surface area contributed by atoms with Gasteiger partial charge >= 0.3 is 5.97 Å². The van der Waals surface area contributed by atoms with Crippen LogP contribution < -0.4 is 5.32 Å². The first-order chi connectivity index (χ1) is 12.5. The van der Waals surface area contributed by atoms with Crippen LogP contribution in [0.15, 0.2) is 47.1 Å². The normalized spacial score (nSPS) is 10.2. The first kappa shape index (κ1) is 19.2. The molecule has 2 aromatic rings. The Kier molecular flexibility index (Phi) is 6.96. The molecule has 138 valence electrons. The van der Waals surface area contributed by atoms with E-state index in [1.807, 2.05) is 6.92 Å². The largest absolute Gasteiger partial charge is 0.462 e. The molecule has 0 aliphatic rings. The summed E-state index contributed by atoms with van der Waals surface area (Å²) in [5.74, 6) is -0.952. The van der Waals surface area contributed by atoms with Crippen LogP contribution in [0.3, 0.4) is 0 Å². The SMILES string of the molecule is CCCCOC(=O)c1ccc(NC(=O)CN(C)C(=O)c2ccco2)cc1. The number of carbonyl (C=O) groups excluding carboxylic acids is 3. The molecule has 1 N–H and O–H groups in total. The minimum Gasteiger partial charge on any atom is -0.462 e. The van der Waals surface area contributed by atoms with Gasteiger partial charge in [0.2, 0.25) is 5.91 Å². The van der Waals surface area contributed by atoms with E-state index in [1.54, 1.807) is 30.3 Å². The summed E-state index contributed by atoms with van der Waals surface area (Å²) in [5.41, 5.74) is 0.947. The van der Waals surface area contributed by atoms with E-state index in [9.17, 15) is 14.4 Å². The number of nitrogens with zero attached hydrogens (tertiary/aromatic N) is 1. The minimum atomic E-state index is -0.389. The molecule has 0 unspecified atom stereocenters. The quantitative estimate of drug-likeness (QED) is 0.579. The number of likely N-dealkylation sites (N-methyl/N-ethyl adjacent to an activating group) is 1. The van der Waals surface area contributed by atoms with E-state index >= 15 is 0 Å². The summed E-state index contributed by atoms with van der Waals surface area (Å²) >= 11 is 0. The van der Waals surface area contributed by atoms with Crippen LogP contribution in [0.25, 0.3) is 0 Å². The number of rotatable bonds is 8. The molecule has 2 rings (SSSR count). The molecule has 0 saturated heterocycles. The molecular weight excluding hydrogens is 336 g/mol. The van der Waals surface area contributed by atoms with Crippen molar-refractivity contribution in [1.29, 1.82) is 0 Å². The van der Waals surface area contributed by atoms with Crippen LogP contribution in [0.5, 0.6) is 0 Å². The predicted molar refractivity (Wildman–Crippen MR) is 95.9 cm³/mol. The smallest absolute Gasteiger partial charge is 0.338 e. The molecule has 0 aliphatic carbocycles. The van der Waals surface area contributed by atoms with Crippen molar-refractivity contribution in [3.63, 3.8) is 0 Å². The molecule has 26 heavy (non-hydrogen) atoms. The second-order valence-electron chi connectivity index (χ2n) is 5.75. The van der Waals surface area contributed by atoms with Crippen molar-refractivity contribution in [2.45, 2.75) is 19.8 Å². The van der Waals surface area contributed by atoms with Gasteiger partial charge in [0, 0.05) is 12.7 Å². The average molecular weight is 358 g/mol. The number of hydrogen-bond acceptors (Lipinski definition) is 5. The number of unbranched alkanes of at least 4 members (excludes halogenated alkanes) is 1. The maximum absolute atomic E-state index is 12.1. The highest BCUT2D eigenvalue weighted by Gasteiger charge is 2.17. The zero-order valence-corrected chi connectivity index (χ0v) is 14.9. The van der Waals surface area contributed by atoms with Gasteiger partial charge in [0.1, 0.15) is 0 Å². The summed E-state index contributed by atoms with van der Waals surface area (Å²) in [6.45, 7) is 2.29. The Morgan fingerprint density at radius 1 is 1.15 bits per heavy atom. The summed E-state index contributed by atoms with van der Waals surface area (Å²) < 4.78 is 10.1. The summed E-state index contributed by atoms with van der Waals surface area (Å²) in [6.07, 6.45) is 3.18. The molecular formula is C19H22N2O5. The van der Waals surface area contributed by atoms with Gasteiger partial charge in [0.25, 0.3) is 5.91 Å². The Balaban J connectivity index is 1.85. The topological polar surface area (TPSA) is 88.9 Å². The van der Waals surface area contributed by atoms with Crippen molar-refractivity contribution in [3.8, 4) is 0 Å². The van der Waals surface area contributed by atoms with Gasteiger partial charge in [0.05, 0.1) is 25.0 Å². The number of benzene rings is 1. The van der Waals surface area contributed by atoms with E-state index in [2.05, 4.69) is 5.32 Å². The lowest BCUT2D eigenvalue weighted by Gasteiger charge is -2.15. The van der Waals surface area contributed by atoms with Crippen molar-refractivity contribution in [2.24, 2.45) is 0 Å². The van der Waals surface area contributed by atoms with Crippen LogP contribution in [-0.2, 0) is 9.53 Å². The van der Waals surface area contributed by atoms with E-state index in [1.165, 1.54) is 24.3 Å². The van der Waals surface area contributed by atoms with Gasteiger partial charge in [-0.1, -0.05) is 13.3 Å². The van der Waals surface area contributed by atoms with E-state index in [0.717, 1.165) is 12.8 Å². The molecule has 1 aromatic carbocycles. The maximum Gasteiger partial charge on any atom is 0.338 e. The first-order valence-electron chi connectivity index (χ1n) is 8.37. The lowest BCUT2D eigenvalue weighted by atomic mass is 10.2. The minimum absolute atomic E-state index is 0.125. The number of hydrogen-bond donors (Lipinski definition) is 1. The second kappa shape index (κ2) is 9.41. The van der Waals surface area contributed by atoms with Gasteiger partial charge in [-0.05, 0) is 42.8 Å². The van der Waals surface area contributed by atoms with Crippen molar-refractivity contribution in [3.05, 3.63) is 54.0 Å². The van der Waals surface area contributed by atoms with E-state index in [0.29, 0.717) is 17.9 Å². The van der Waals surface area contributed by atoms with Crippen LogP contribution in [0.4, 0.5) is 5.69 Å². The summed E-state index contributed by atoms with van der Waals surface area (Å²) in [6, 6.07) is 9.54. The highest BCUT2D eigenvalue weighted by molar-refractivity contribution is 5.98. The number of nitrogens with one attached hydrogen (secondary N) is 1. The number of anilines is 1. The molecule has 7 heteroatoms. The summed E-state index contributed by atoms with van der Waals surface area (Å²) in [5, 5.41) is 2.68. The van der Waals surface area contributed by atoms with Gasteiger partial charge in [-0.2, -0.15) is 0 Å². The van der Waals surface area contributed by atoms with E-state index < -0.39 is 0 Å². The van der Waals surface area contributed by atoms with Crippen LogP contribution in [0, 0.1) is 0 Å². The molecule has 0 aliphatic heterocycles. The fourth-order valence-corrected chi connectivity index (χ4v) is 2.16. The van der Waals surface area contributed by atoms with E-state index in [4.69, 9.17) is 9.15 Å². The van der Waals surface area contributed by atoms with Gasteiger partial charge in [-0.25, -0.2) is 4.79 Å². The monoisotopic (exact) mass is 358 g/mol. The van der Waals surface area contributed by atoms with Gasteiger partial charge in [-0.3, -0.25) is 9.59 Å². The molecule has 1 heterocycles. The number of amides is 2. The Morgan fingerprint density at radius 3 is 2.50 bits per heavy atom. The Morgan fingerprint density at radius 2 is 1.88 bits per heavy atom. The molecule has 0 atom stereocenters. The lowest BCUT2D eigenvalue weighted by Crippen LogP contribution is -2.34. The van der Waals surface area contributed by atoms with Crippen molar-refractivity contribution >= 4 is 23.5 Å². The van der Waals surface area contributed by atoms with Crippen LogP contribution in [0.1, 0.15) is 40.7 Å². The maximum atomic E-state index is 12.1. The highest BCUT2D eigenvalue weighted by atomic mass is 16.5. The Hall–Kier alpha value is -3.09. The van der Waals surface area contributed by atoms with Gasteiger partial charge < -0.3 is 19.4 Å². The number of ether oxygens (including phenoxy) is 1. The lowest BCUT2D eigenvalue weighted by molar-refractivity contribution is -0.116. The Bertz CT molecular complexity index is 738. The fraction of sp³-hybridized carbons (Fsp3) is 0.316. The fourth-order valence-electron chi connectivity index (χ4n) is 2.16. The number of carbonyl (C=O) groups is 3. The van der Waals surface area contributed by atoms with Crippen LogP contribution in [-0.4, -0.2) is 42.9 Å². The van der Waals surface area contributed by atoms with Crippen molar-refractivity contribution in [1.82, 2.24) is 4.90 Å². The van der Waals surface area contributed by atoms with Crippen LogP contribution in [0.2, 0.25) is 0 Å². The van der Waals surface area contributed by atoms with Crippen molar-refractivity contribution < 1.29 is 23.5 Å². The Labute approximate surface area is 151 Å². The zero-order valence-electron chi connectivity index (χ0n) is 14.9.